The van der Waals surface area contributed by atoms with Gasteiger partial charge in [-0.3, -0.25) is 9.59 Å². The van der Waals surface area contributed by atoms with Gasteiger partial charge in [0, 0.05) is 43.9 Å². The maximum atomic E-state index is 12.8. The maximum Gasteiger partial charge on any atom is 0.272 e. The van der Waals surface area contributed by atoms with Gasteiger partial charge in [0.2, 0.25) is 0 Å². The van der Waals surface area contributed by atoms with Crippen LogP contribution in [-0.4, -0.2) is 54.3 Å². The molecule has 2 heterocycles. The molecule has 0 bridgehead atoms. The second kappa shape index (κ2) is 7.51. The molecule has 1 aliphatic rings. The van der Waals surface area contributed by atoms with Gasteiger partial charge in [-0.05, 0) is 36.2 Å². The van der Waals surface area contributed by atoms with Crippen molar-refractivity contribution in [3.05, 3.63) is 39.4 Å². The Bertz CT molecular complexity index is 846. The highest BCUT2D eigenvalue weighted by Gasteiger charge is 2.28. The Hall–Kier alpha value is -2.32. The van der Waals surface area contributed by atoms with E-state index in [0.29, 0.717) is 36.1 Å². The number of carbonyl (C=O) groups excluding carboxylic acids is 2. The molecule has 1 aliphatic heterocycles. The topological polar surface area (TPSA) is 91.6 Å². The van der Waals surface area contributed by atoms with E-state index in [4.69, 9.17) is 17.3 Å². The average molecular weight is 394 g/mol. The summed E-state index contributed by atoms with van der Waals surface area (Å²) in [5.74, 6) is -0.573. The van der Waals surface area contributed by atoms with Crippen molar-refractivity contribution in [3.63, 3.8) is 0 Å². The van der Waals surface area contributed by atoms with Crippen molar-refractivity contribution in [2.24, 2.45) is 0 Å². The number of hydrogen-bond acceptors (Lipinski definition) is 6. The molecule has 0 aliphatic carbocycles. The van der Waals surface area contributed by atoms with Crippen LogP contribution in [-0.2, 0) is 0 Å². The fraction of sp³-hybridized carbons (Fsp3) is 0.353. The lowest BCUT2D eigenvalue weighted by Crippen LogP contribution is -2.49. The molecular formula is C17H20ClN5O2S. The van der Waals surface area contributed by atoms with Gasteiger partial charge >= 0.3 is 0 Å². The molecule has 9 heteroatoms. The summed E-state index contributed by atoms with van der Waals surface area (Å²) < 4.78 is 4.02. The molecule has 0 saturated carbocycles. The molecule has 1 aromatic carbocycles. The highest BCUT2D eigenvalue weighted by molar-refractivity contribution is 7.09. The lowest BCUT2D eigenvalue weighted by molar-refractivity contribution is 0.0752. The minimum Gasteiger partial charge on any atom is -0.395 e. The van der Waals surface area contributed by atoms with Crippen LogP contribution < -0.4 is 16.0 Å². The van der Waals surface area contributed by atoms with Crippen LogP contribution in [0.5, 0.6) is 0 Å². The van der Waals surface area contributed by atoms with Gasteiger partial charge in [-0.25, -0.2) is 0 Å². The first-order valence-corrected chi connectivity index (χ1v) is 9.35. The highest BCUT2D eigenvalue weighted by Crippen LogP contribution is 2.27. The molecule has 2 amide bonds. The summed E-state index contributed by atoms with van der Waals surface area (Å²) in [6, 6.07) is 5.81. The van der Waals surface area contributed by atoms with Crippen LogP contribution in [0.15, 0.2) is 18.2 Å². The van der Waals surface area contributed by atoms with Crippen molar-refractivity contribution in [2.45, 2.75) is 6.92 Å². The van der Waals surface area contributed by atoms with E-state index in [1.54, 1.807) is 4.90 Å². The monoisotopic (exact) mass is 393 g/mol. The number of nitrogen functional groups attached to an aromatic ring is 1. The van der Waals surface area contributed by atoms with Gasteiger partial charge in [-0.15, -0.1) is 0 Å². The summed E-state index contributed by atoms with van der Waals surface area (Å²) in [5.41, 5.74) is 8.44. The van der Waals surface area contributed by atoms with E-state index in [-0.39, 0.29) is 23.2 Å². The number of benzene rings is 1. The number of amides is 2. The quantitative estimate of drug-likeness (QED) is 0.832. The molecule has 0 unspecified atom stereocenters. The summed E-state index contributed by atoms with van der Waals surface area (Å²) in [5, 5.41) is 3.17. The van der Waals surface area contributed by atoms with Crippen molar-refractivity contribution in [2.75, 3.05) is 43.9 Å². The van der Waals surface area contributed by atoms with Crippen molar-refractivity contribution >= 4 is 46.3 Å². The van der Waals surface area contributed by atoms with E-state index in [9.17, 15) is 9.59 Å². The first kappa shape index (κ1) is 18.5. The van der Waals surface area contributed by atoms with Crippen LogP contribution in [0.1, 0.15) is 25.7 Å². The van der Waals surface area contributed by atoms with E-state index >= 15 is 0 Å². The molecule has 1 aromatic heterocycles. The van der Waals surface area contributed by atoms with Gasteiger partial charge in [0.15, 0.2) is 5.69 Å². The Morgan fingerprint density at radius 3 is 2.62 bits per heavy atom. The molecule has 3 rings (SSSR count). The number of hydrogen-bond donors (Lipinski definition) is 2. The minimum absolute atomic E-state index is 0.106. The Morgan fingerprint density at radius 2 is 1.96 bits per heavy atom. The SMILES string of the molecule is CNC(=O)c1nsc(C(=O)N2CCN(c3cc(Cl)ccc3C)CC2)c1N. The van der Waals surface area contributed by atoms with Gasteiger partial charge in [0.25, 0.3) is 11.8 Å². The Balaban J connectivity index is 1.70. The van der Waals surface area contributed by atoms with E-state index in [0.717, 1.165) is 22.8 Å². The number of nitrogens with one attached hydrogen (secondary N) is 1. The summed E-state index contributed by atoms with van der Waals surface area (Å²) in [7, 11) is 1.50. The molecule has 3 N–H and O–H groups in total. The minimum atomic E-state index is -0.390. The fourth-order valence-corrected chi connectivity index (χ4v) is 3.88. The second-order valence-electron chi connectivity index (χ2n) is 6.06. The maximum absolute atomic E-state index is 12.8. The zero-order valence-corrected chi connectivity index (χ0v) is 16.2. The number of nitrogens with zero attached hydrogens (tertiary/aromatic N) is 3. The number of anilines is 2. The lowest BCUT2D eigenvalue weighted by Gasteiger charge is -2.36. The molecule has 1 saturated heterocycles. The predicted octanol–water partition coefficient (Wildman–Crippen LogP) is 2.01. The zero-order chi connectivity index (χ0) is 18.8. The van der Waals surface area contributed by atoms with Crippen LogP contribution in [0.3, 0.4) is 0 Å². The molecule has 0 atom stereocenters. The lowest BCUT2D eigenvalue weighted by atomic mass is 10.1. The van der Waals surface area contributed by atoms with Gasteiger partial charge in [0.1, 0.15) is 4.88 Å². The van der Waals surface area contributed by atoms with Crippen LogP contribution in [0, 0.1) is 6.92 Å². The number of aryl methyl sites for hydroxylation is 1. The number of piperazine rings is 1. The first-order valence-electron chi connectivity index (χ1n) is 8.20. The molecule has 2 aromatic rings. The third-order valence-electron chi connectivity index (χ3n) is 4.44. The highest BCUT2D eigenvalue weighted by atomic mass is 35.5. The summed E-state index contributed by atoms with van der Waals surface area (Å²) in [6.07, 6.45) is 0. The van der Waals surface area contributed by atoms with Gasteiger partial charge in [0.05, 0.1) is 5.69 Å². The molecule has 0 radical (unpaired) electrons. The number of halogens is 1. The van der Waals surface area contributed by atoms with Crippen LogP contribution in [0.25, 0.3) is 0 Å². The number of nitrogens with two attached hydrogens (primary N) is 1. The fourth-order valence-electron chi connectivity index (χ4n) is 2.95. The molecule has 0 spiro atoms. The molecule has 7 nitrogen and oxygen atoms in total. The second-order valence-corrected chi connectivity index (χ2v) is 7.27. The number of rotatable bonds is 3. The van der Waals surface area contributed by atoms with Crippen molar-refractivity contribution in [3.8, 4) is 0 Å². The van der Waals surface area contributed by atoms with E-state index in [2.05, 4.69) is 14.6 Å². The average Bonchev–Trinajstić information content (AvgIpc) is 3.04. The van der Waals surface area contributed by atoms with Crippen molar-refractivity contribution < 1.29 is 9.59 Å². The van der Waals surface area contributed by atoms with Gasteiger partial charge < -0.3 is 20.9 Å². The number of aromatic nitrogens is 1. The van der Waals surface area contributed by atoms with Crippen LogP contribution in [0.2, 0.25) is 5.02 Å². The third kappa shape index (κ3) is 3.47. The Kier molecular flexibility index (Phi) is 5.33. The normalized spacial score (nSPS) is 14.4. The van der Waals surface area contributed by atoms with Crippen LogP contribution >= 0.6 is 23.1 Å². The third-order valence-corrected chi connectivity index (χ3v) is 5.53. The van der Waals surface area contributed by atoms with E-state index < -0.39 is 0 Å². The van der Waals surface area contributed by atoms with Crippen molar-refractivity contribution in [1.29, 1.82) is 0 Å². The predicted molar refractivity (Wildman–Crippen MR) is 104 cm³/mol. The zero-order valence-electron chi connectivity index (χ0n) is 14.6. The Morgan fingerprint density at radius 1 is 1.27 bits per heavy atom. The molecule has 138 valence electrons. The largest absolute Gasteiger partial charge is 0.395 e. The first-order chi connectivity index (χ1) is 12.4. The standard InChI is InChI=1S/C17H20ClN5O2S/c1-10-3-4-11(18)9-12(10)22-5-7-23(8-6-22)17(25)15-13(19)14(21-26-15)16(24)20-2/h3-4,9H,5-8,19H2,1-2H3,(H,20,24). The van der Waals surface area contributed by atoms with Gasteiger partial charge in [-0.1, -0.05) is 17.7 Å². The van der Waals surface area contributed by atoms with Crippen molar-refractivity contribution in [1.82, 2.24) is 14.6 Å². The molecule has 26 heavy (non-hydrogen) atoms. The number of carbonyl (C=O) groups is 2. The summed E-state index contributed by atoms with van der Waals surface area (Å²) in [6.45, 7) is 4.58. The summed E-state index contributed by atoms with van der Waals surface area (Å²) >= 11 is 7.07. The van der Waals surface area contributed by atoms with E-state index in [1.807, 2.05) is 25.1 Å². The van der Waals surface area contributed by atoms with Crippen LogP contribution in [0.4, 0.5) is 11.4 Å². The Labute approximate surface area is 160 Å². The molecule has 1 fully saturated rings. The van der Waals surface area contributed by atoms with Gasteiger partial charge in [-0.2, -0.15) is 4.37 Å². The smallest absolute Gasteiger partial charge is 0.272 e. The summed E-state index contributed by atoms with van der Waals surface area (Å²) in [4.78, 5) is 28.7. The van der Waals surface area contributed by atoms with E-state index in [1.165, 1.54) is 7.05 Å². The molecular weight excluding hydrogens is 374 g/mol.